The maximum atomic E-state index is 5.67. The van der Waals surface area contributed by atoms with E-state index < -0.39 is 0 Å². The molecule has 0 atom stereocenters. The summed E-state index contributed by atoms with van der Waals surface area (Å²) in [5, 5.41) is 0. The van der Waals surface area contributed by atoms with E-state index in [-0.39, 0.29) is 0 Å². The van der Waals surface area contributed by atoms with Gasteiger partial charge in [0.15, 0.2) is 0 Å². The van der Waals surface area contributed by atoms with Gasteiger partial charge in [-0.15, -0.1) is 0 Å². The molecule has 0 saturated carbocycles. The van der Waals surface area contributed by atoms with Crippen molar-refractivity contribution in [2.24, 2.45) is 9.98 Å². The van der Waals surface area contributed by atoms with Gasteiger partial charge < -0.3 is 9.47 Å². The number of rotatable bonds is 1. The molecule has 0 amide bonds. The molecule has 0 aromatic heterocycles. The van der Waals surface area contributed by atoms with Crippen molar-refractivity contribution in [3.05, 3.63) is 29.3 Å². The Kier molecular flexibility index (Phi) is 1.99. The van der Waals surface area contributed by atoms with Gasteiger partial charge in [-0.2, -0.15) is 0 Å². The molecular weight excluding hydrogens is 204 g/mol. The molecule has 2 heterocycles. The van der Waals surface area contributed by atoms with Gasteiger partial charge in [0.25, 0.3) is 0 Å². The first kappa shape index (κ1) is 9.15. The maximum Gasteiger partial charge on any atom is 0.225 e. The smallest absolute Gasteiger partial charge is 0.225 e. The van der Waals surface area contributed by atoms with E-state index in [1.54, 1.807) is 13.3 Å². The SMILES string of the molecule is COc1ccc2c(c1)C=C1C=NCN=C1O2. The molecule has 2 aliphatic heterocycles. The van der Waals surface area contributed by atoms with E-state index >= 15 is 0 Å². The normalized spacial score (nSPS) is 16.6. The monoisotopic (exact) mass is 214 g/mol. The third kappa shape index (κ3) is 1.39. The van der Waals surface area contributed by atoms with Crippen LogP contribution in [-0.2, 0) is 0 Å². The molecule has 4 heteroatoms. The molecule has 1 aromatic rings. The average Bonchev–Trinajstić information content (AvgIpc) is 2.35. The van der Waals surface area contributed by atoms with Crippen molar-refractivity contribution in [3.8, 4) is 11.5 Å². The predicted octanol–water partition coefficient (Wildman–Crippen LogP) is 1.91. The molecule has 80 valence electrons. The van der Waals surface area contributed by atoms with Gasteiger partial charge in [0.05, 0.1) is 12.7 Å². The van der Waals surface area contributed by atoms with Gasteiger partial charge in [0, 0.05) is 11.8 Å². The lowest BCUT2D eigenvalue weighted by Crippen LogP contribution is -2.19. The molecule has 0 N–H and O–H groups in total. The second-order valence-corrected chi connectivity index (χ2v) is 3.52. The van der Waals surface area contributed by atoms with Crippen LogP contribution in [0.5, 0.6) is 11.5 Å². The lowest BCUT2D eigenvalue weighted by atomic mass is 10.1. The van der Waals surface area contributed by atoms with Crippen LogP contribution >= 0.6 is 0 Å². The van der Waals surface area contributed by atoms with E-state index in [1.807, 2.05) is 24.3 Å². The van der Waals surface area contributed by atoms with Gasteiger partial charge in [-0.25, -0.2) is 4.99 Å². The van der Waals surface area contributed by atoms with Gasteiger partial charge >= 0.3 is 0 Å². The highest BCUT2D eigenvalue weighted by Gasteiger charge is 2.19. The van der Waals surface area contributed by atoms with Crippen LogP contribution in [0, 0.1) is 0 Å². The number of fused-ring (bicyclic) bond motifs is 2. The number of hydrogen-bond acceptors (Lipinski definition) is 4. The Labute approximate surface area is 92.9 Å². The highest BCUT2D eigenvalue weighted by Crippen LogP contribution is 2.30. The quantitative estimate of drug-likeness (QED) is 0.716. The minimum Gasteiger partial charge on any atom is -0.497 e. The fourth-order valence-electron chi connectivity index (χ4n) is 1.71. The topological polar surface area (TPSA) is 43.2 Å². The minimum atomic E-state index is 0.443. The Bertz CT molecular complexity index is 530. The first-order valence-corrected chi connectivity index (χ1v) is 4.99. The zero-order valence-electron chi connectivity index (χ0n) is 8.80. The van der Waals surface area contributed by atoms with Crippen molar-refractivity contribution in [3.63, 3.8) is 0 Å². The molecule has 0 radical (unpaired) electrons. The molecule has 0 saturated heterocycles. The van der Waals surface area contributed by atoms with E-state index in [9.17, 15) is 0 Å². The predicted molar refractivity (Wildman–Crippen MR) is 62.4 cm³/mol. The number of benzene rings is 1. The van der Waals surface area contributed by atoms with Crippen molar-refractivity contribution in [2.45, 2.75) is 0 Å². The van der Waals surface area contributed by atoms with Crippen LogP contribution in [-0.4, -0.2) is 25.9 Å². The van der Waals surface area contributed by atoms with Crippen molar-refractivity contribution in [2.75, 3.05) is 13.8 Å². The highest BCUT2D eigenvalue weighted by molar-refractivity contribution is 6.19. The van der Waals surface area contributed by atoms with E-state index in [4.69, 9.17) is 9.47 Å². The summed E-state index contributed by atoms with van der Waals surface area (Å²) in [6.45, 7) is 0.443. The summed E-state index contributed by atoms with van der Waals surface area (Å²) in [4.78, 5) is 8.27. The zero-order chi connectivity index (χ0) is 11.0. The molecule has 0 spiro atoms. The van der Waals surface area contributed by atoms with E-state index in [0.29, 0.717) is 12.6 Å². The molecule has 16 heavy (non-hydrogen) atoms. The number of aliphatic imine (C=N–C) groups is 2. The van der Waals surface area contributed by atoms with Crippen molar-refractivity contribution < 1.29 is 9.47 Å². The summed E-state index contributed by atoms with van der Waals surface area (Å²) in [5.74, 6) is 2.26. The van der Waals surface area contributed by atoms with Gasteiger partial charge in [-0.3, -0.25) is 4.99 Å². The Morgan fingerprint density at radius 1 is 1.38 bits per heavy atom. The highest BCUT2D eigenvalue weighted by atomic mass is 16.5. The number of nitrogens with zero attached hydrogens (tertiary/aromatic N) is 2. The zero-order valence-corrected chi connectivity index (χ0v) is 8.80. The van der Waals surface area contributed by atoms with Gasteiger partial charge in [0.1, 0.15) is 18.2 Å². The van der Waals surface area contributed by atoms with Crippen molar-refractivity contribution >= 4 is 18.2 Å². The summed E-state index contributed by atoms with van der Waals surface area (Å²) in [7, 11) is 1.65. The number of hydrogen-bond donors (Lipinski definition) is 0. The summed E-state index contributed by atoms with van der Waals surface area (Å²) in [6, 6.07) is 5.69. The molecule has 0 bridgehead atoms. The lowest BCUT2D eigenvalue weighted by Gasteiger charge is -2.19. The van der Waals surface area contributed by atoms with Crippen LogP contribution in [0.4, 0.5) is 0 Å². The second kappa shape index (κ2) is 3.48. The second-order valence-electron chi connectivity index (χ2n) is 3.52. The standard InChI is InChI=1S/C12H10N2O2/c1-15-10-2-3-11-8(5-10)4-9-6-13-7-14-12(9)16-11/h2-6H,7H2,1H3. The van der Waals surface area contributed by atoms with Crippen molar-refractivity contribution in [1.29, 1.82) is 0 Å². The number of ether oxygens (including phenoxy) is 2. The summed E-state index contributed by atoms with van der Waals surface area (Å²) in [6.07, 6.45) is 3.79. The Balaban J connectivity index is 2.10. The Morgan fingerprint density at radius 2 is 2.31 bits per heavy atom. The fraction of sp³-hybridized carbons (Fsp3) is 0.167. The molecule has 0 aliphatic carbocycles. The van der Waals surface area contributed by atoms with Crippen molar-refractivity contribution in [1.82, 2.24) is 0 Å². The van der Waals surface area contributed by atoms with Gasteiger partial charge in [-0.05, 0) is 24.3 Å². The van der Waals surface area contributed by atoms with Crippen LogP contribution in [0.25, 0.3) is 6.08 Å². The summed E-state index contributed by atoms with van der Waals surface area (Å²) >= 11 is 0. The molecule has 3 rings (SSSR count). The lowest BCUT2D eigenvalue weighted by molar-refractivity contribution is 0.413. The van der Waals surface area contributed by atoms with Crippen LogP contribution in [0.2, 0.25) is 0 Å². The van der Waals surface area contributed by atoms with Crippen LogP contribution in [0.3, 0.4) is 0 Å². The molecule has 0 unspecified atom stereocenters. The Morgan fingerprint density at radius 3 is 3.19 bits per heavy atom. The van der Waals surface area contributed by atoms with E-state index in [1.165, 1.54) is 0 Å². The Hall–Kier alpha value is -2.10. The third-order valence-electron chi connectivity index (χ3n) is 2.51. The molecule has 1 aromatic carbocycles. The van der Waals surface area contributed by atoms with E-state index in [2.05, 4.69) is 9.98 Å². The van der Waals surface area contributed by atoms with Crippen LogP contribution < -0.4 is 9.47 Å². The van der Waals surface area contributed by atoms with Crippen LogP contribution in [0.15, 0.2) is 33.8 Å². The molecule has 4 nitrogen and oxygen atoms in total. The van der Waals surface area contributed by atoms with Crippen LogP contribution in [0.1, 0.15) is 5.56 Å². The molecular formula is C12H10N2O2. The average molecular weight is 214 g/mol. The first-order chi connectivity index (χ1) is 7.86. The third-order valence-corrected chi connectivity index (χ3v) is 2.51. The minimum absolute atomic E-state index is 0.443. The first-order valence-electron chi connectivity index (χ1n) is 4.99. The van der Waals surface area contributed by atoms with Gasteiger partial charge in [-0.1, -0.05) is 0 Å². The molecule has 2 aliphatic rings. The largest absolute Gasteiger partial charge is 0.497 e. The summed E-state index contributed by atoms with van der Waals surface area (Å²) < 4.78 is 10.8. The number of methoxy groups -OCH3 is 1. The van der Waals surface area contributed by atoms with Gasteiger partial charge in [0.2, 0.25) is 5.90 Å². The summed E-state index contributed by atoms with van der Waals surface area (Å²) in [5.41, 5.74) is 1.90. The van der Waals surface area contributed by atoms with E-state index in [0.717, 1.165) is 22.6 Å². The molecule has 0 fully saturated rings. The maximum absolute atomic E-state index is 5.67. The fourth-order valence-corrected chi connectivity index (χ4v) is 1.71.